The molecule has 0 aromatic heterocycles. The Kier molecular flexibility index (Phi) is 7.24. The lowest BCUT2D eigenvalue weighted by Gasteiger charge is -2.31. The normalized spacial score (nSPS) is 20.2. The van der Waals surface area contributed by atoms with Crippen molar-refractivity contribution in [2.75, 3.05) is 47.5 Å². The van der Waals surface area contributed by atoms with E-state index < -0.39 is 17.6 Å². The van der Waals surface area contributed by atoms with Crippen LogP contribution in [0, 0.1) is 11.7 Å². The highest BCUT2D eigenvalue weighted by molar-refractivity contribution is 5.95. The summed E-state index contributed by atoms with van der Waals surface area (Å²) in [5.41, 5.74) is 0.825. The molecular weight excluding hydrogens is 439 g/mol. The molecule has 2 amide bonds. The van der Waals surface area contributed by atoms with E-state index in [1.807, 2.05) is 17.0 Å². The van der Waals surface area contributed by atoms with Crippen LogP contribution in [0.4, 0.5) is 4.39 Å². The molecule has 34 heavy (non-hydrogen) atoms. The maximum atomic E-state index is 14.4. The lowest BCUT2D eigenvalue weighted by atomic mass is 9.87. The van der Waals surface area contributed by atoms with Gasteiger partial charge in [-0.05, 0) is 49.1 Å². The number of hydrogen-bond donors (Lipinski definition) is 0. The molecule has 0 bridgehead atoms. The van der Waals surface area contributed by atoms with Gasteiger partial charge in [0.05, 0.1) is 32.8 Å². The van der Waals surface area contributed by atoms with Crippen LogP contribution in [0.2, 0.25) is 0 Å². The molecule has 182 valence electrons. The van der Waals surface area contributed by atoms with Crippen LogP contribution in [0.15, 0.2) is 36.4 Å². The molecule has 2 aromatic rings. The van der Waals surface area contributed by atoms with Crippen LogP contribution in [-0.2, 0) is 4.79 Å². The van der Waals surface area contributed by atoms with Gasteiger partial charge in [0.25, 0.3) is 5.91 Å². The van der Waals surface area contributed by atoms with Crippen LogP contribution >= 0.6 is 0 Å². The molecule has 2 fully saturated rings. The Balaban J connectivity index is 1.71. The molecule has 0 radical (unpaired) electrons. The SMILES string of the molecule is COc1cc([C@H]2CN(C(=O)c3ccccc3F)C[C@@H]2C(=O)N2CCCCC2)cc(OC)c1OC. The minimum atomic E-state index is -0.567. The van der Waals surface area contributed by atoms with Gasteiger partial charge in [0.15, 0.2) is 11.5 Å². The van der Waals surface area contributed by atoms with Crippen molar-refractivity contribution in [3.63, 3.8) is 0 Å². The number of nitrogens with zero attached hydrogens (tertiary/aromatic N) is 2. The molecule has 0 saturated carbocycles. The third kappa shape index (κ3) is 4.54. The van der Waals surface area contributed by atoms with Gasteiger partial charge in [-0.1, -0.05) is 12.1 Å². The van der Waals surface area contributed by atoms with E-state index in [1.165, 1.54) is 19.2 Å². The van der Waals surface area contributed by atoms with Gasteiger partial charge in [-0.2, -0.15) is 0 Å². The van der Waals surface area contributed by atoms with Gasteiger partial charge in [-0.15, -0.1) is 0 Å². The van der Waals surface area contributed by atoms with Gasteiger partial charge < -0.3 is 24.0 Å². The van der Waals surface area contributed by atoms with Crippen molar-refractivity contribution in [1.29, 1.82) is 0 Å². The Bertz CT molecular complexity index is 1030. The Hall–Kier alpha value is -3.29. The van der Waals surface area contributed by atoms with Crippen LogP contribution in [0.3, 0.4) is 0 Å². The van der Waals surface area contributed by atoms with Gasteiger partial charge in [0.1, 0.15) is 5.82 Å². The van der Waals surface area contributed by atoms with Gasteiger partial charge in [0.2, 0.25) is 11.7 Å². The summed E-state index contributed by atoms with van der Waals surface area (Å²) >= 11 is 0. The first-order valence-electron chi connectivity index (χ1n) is 11.6. The highest BCUT2D eigenvalue weighted by Gasteiger charge is 2.43. The molecule has 2 aliphatic rings. The first-order chi connectivity index (χ1) is 16.5. The van der Waals surface area contributed by atoms with E-state index >= 15 is 0 Å². The first kappa shape index (κ1) is 23.9. The second-order valence-electron chi connectivity index (χ2n) is 8.75. The van der Waals surface area contributed by atoms with E-state index in [0.717, 1.165) is 37.9 Å². The van der Waals surface area contributed by atoms with Crippen molar-refractivity contribution < 1.29 is 28.2 Å². The number of methoxy groups -OCH3 is 3. The molecule has 0 aliphatic carbocycles. The van der Waals surface area contributed by atoms with Gasteiger partial charge in [-0.25, -0.2) is 4.39 Å². The average molecular weight is 471 g/mol. The number of hydrogen-bond acceptors (Lipinski definition) is 5. The maximum Gasteiger partial charge on any atom is 0.256 e. The predicted octanol–water partition coefficient (Wildman–Crippen LogP) is 3.72. The van der Waals surface area contributed by atoms with E-state index in [2.05, 4.69) is 0 Å². The Labute approximate surface area is 199 Å². The fourth-order valence-corrected chi connectivity index (χ4v) is 5.03. The summed E-state index contributed by atoms with van der Waals surface area (Å²) in [6.07, 6.45) is 3.07. The number of rotatable bonds is 6. The molecule has 2 aromatic carbocycles. The first-order valence-corrected chi connectivity index (χ1v) is 11.6. The van der Waals surface area contributed by atoms with Crippen molar-refractivity contribution in [3.8, 4) is 17.2 Å². The zero-order valence-corrected chi connectivity index (χ0v) is 19.9. The second-order valence-corrected chi connectivity index (χ2v) is 8.75. The van der Waals surface area contributed by atoms with Crippen LogP contribution in [0.5, 0.6) is 17.2 Å². The van der Waals surface area contributed by atoms with Crippen LogP contribution in [-0.4, -0.2) is 69.1 Å². The minimum Gasteiger partial charge on any atom is -0.493 e. The lowest BCUT2D eigenvalue weighted by Crippen LogP contribution is -2.42. The molecule has 0 N–H and O–H groups in total. The maximum absolute atomic E-state index is 14.4. The lowest BCUT2D eigenvalue weighted by molar-refractivity contribution is -0.136. The standard InChI is InChI=1S/C26H31FN2O5/c1-32-22-13-17(14-23(33-2)24(22)34-3)19-15-29(25(30)18-9-5-6-10-21(18)27)16-20(19)26(31)28-11-7-4-8-12-28/h5-6,9-10,13-14,19-20H,4,7-8,11-12,15-16H2,1-3H3/t19-,20+/m1/s1. The van der Waals surface area contributed by atoms with Gasteiger partial charge in [0, 0.05) is 32.1 Å². The summed E-state index contributed by atoms with van der Waals surface area (Å²) in [6, 6.07) is 9.61. The predicted molar refractivity (Wildman–Crippen MR) is 125 cm³/mol. The molecule has 2 heterocycles. The fraction of sp³-hybridized carbons (Fsp3) is 0.462. The van der Waals surface area contributed by atoms with Crippen LogP contribution in [0.1, 0.15) is 41.1 Å². The van der Waals surface area contributed by atoms with E-state index in [4.69, 9.17) is 14.2 Å². The molecule has 2 saturated heterocycles. The summed E-state index contributed by atoms with van der Waals surface area (Å²) in [7, 11) is 4.62. The zero-order valence-electron chi connectivity index (χ0n) is 19.9. The molecule has 2 atom stereocenters. The molecule has 4 rings (SSSR count). The van der Waals surface area contributed by atoms with Crippen LogP contribution < -0.4 is 14.2 Å². The topological polar surface area (TPSA) is 68.3 Å². The molecule has 8 heteroatoms. The Morgan fingerprint density at radius 2 is 1.53 bits per heavy atom. The van der Waals surface area contributed by atoms with E-state index in [0.29, 0.717) is 17.2 Å². The number of piperidine rings is 1. The monoisotopic (exact) mass is 470 g/mol. The second kappa shape index (κ2) is 10.3. The number of ether oxygens (including phenoxy) is 3. The average Bonchev–Trinajstić information content (AvgIpc) is 3.33. The van der Waals surface area contributed by atoms with Crippen molar-refractivity contribution in [1.82, 2.24) is 9.80 Å². The number of halogens is 1. The molecule has 0 spiro atoms. The molecule has 0 unspecified atom stereocenters. The number of benzene rings is 2. The number of carbonyl (C=O) groups excluding carboxylic acids is 2. The minimum absolute atomic E-state index is 0.0113. The summed E-state index contributed by atoms with van der Waals surface area (Å²) in [5.74, 6) is -0.255. The smallest absolute Gasteiger partial charge is 0.256 e. The summed E-state index contributed by atoms with van der Waals surface area (Å²) in [5, 5.41) is 0. The highest BCUT2D eigenvalue weighted by Crippen LogP contribution is 2.44. The zero-order chi connectivity index (χ0) is 24.2. The molecule has 7 nitrogen and oxygen atoms in total. The van der Waals surface area contributed by atoms with Crippen molar-refractivity contribution >= 4 is 11.8 Å². The Morgan fingerprint density at radius 1 is 0.882 bits per heavy atom. The largest absolute Gasteiger partial charge is 0.493 e. The van der Waals surface area contributed by atoms with Gasteiger partial charge >= 0.3 is 0 Å². The third-order valence-corrected chi connectivity index (χ3v) is 6.81. The van der Waals surface area contributed by atoms with Crippen molar-refractivity contribution in [2.24, 2.45) is 5.92 Å². The van der Waals surface area contributed by atoms with Crippen molar-refractivity contribution in [3.05, 3.63) is 53.3 Å². The highest BCUT2D eigenvalue weighted by atomic mass is 19.1. The van der Waals surface area contributed by atoms with E-state index in [1.54, 1.807) is 31.3 Å². The summed E-state index contributed by atoms with van der Waals surface area (Å²) in [6.45, 7) is 1.96. The molecule has 2 aliphatic heterocycles. The van der Waals surface area contributed by atoms with E-state index in [9.17, 15) is 14.0 Å². The third-order valence-electron chi connectivity index (χ3n) is 6.81. The summed E-state index contributed by atoms with van der Waals surface area (Å²) < 4.78 is 30.9. The van der Waals surface area contributed by atoms with E-state index in [-0.39, 0.29) is 30.5 Å². The fourth-order valence-electron chi connectivity index (χ4n) is 5.03. The molecular formula is C26H31FN2O5. The number of amides is 2. The summed E-state index contributed by atoms with van der Waals surface area (Å²) in [4.78, 5) is 30.3. The van der Waals surface area contributed by atoms with Gasteiger partial charge in [-0.3, -0.25) is 9.59 Å². The number of carbonyl (C=O) groups is 2. The Morgan fingerprint density at radius 3 is 2.12 bits per heavy atom. The van der Waals surface area contributed by atoms with Crippen molar-refractivity contribution in [2.45, 2.75) is 25.2 Å². The quantitative estimate of drug-likeness (QED) is 0.644. The van der Waals surface area contributed by atoms with Crippen LogP contribution in [0.25, 0.3) is 0 Å². The number of likely N-dealkylation sites (tertiary alicyclic amines) is 2.